The molecule has 0 unspecified atom stereocenters. The smallest absolute Gasteiger partial charge is 0.156 e. The van der Waals surface area contributed by atoms with Crippen LogP contribution in [0.15, 0.2) is 42.7 Å². The van der Waals surface area contributed by atoms with Gasteiger partial charge in [0.1, 0.15) is 17.1 Å². The van der Waals surface area contributed by atoms with Crippen molar-refractivity contribution in [1.29, 1.82) is 0 Å². The van der Waals surface area contributed by atoms with Gasteiger partial charge in [-0.1, -0.05) is 11.3 Å². The third-order valence-electron chi connectivity index (χ3n) is 3.02. The number of aryl methyl sites for hydroxylation is 1. The van der Waals surface area contributed by atoms with Gasteiger partial charge in [-0.2, -0.15) is 4.68 Å². The number of pyridine rings is 1. The molecule has 2 aromatic heterocycles. The number of nitrogens with two attached hydrogens (primary N) is 1. The molecule has 0 spiro atoms. The fraction of sp³-hybridized carbons (Fsp3) is 0.0714. The number of benzene rings is 1. The number of nitrogens with zero attached hydrogens (tertiary/aromatic N) is 4. The summed E-state index contributed by atoms with van der Waals surface area (Å²) in [6.07, 6.45) is 3.33. The van der Waals surface area contributed by atoms with E-state index in [1.807, 2.05) is 13.0 Å². The first-order chi connectivity index (χ1) is 9.66. The first kappa shape index (κ1) is 12.2. The predicted octanol–water partition coefficient (Wildman–Crippen LogP) is 1.93. The van der Waals surface area contributed by atoms with Crippen LogP contribution in [0, 0.1) is 6.92 Å². The molecule has 0 aliphatic heterocycles. The molecule has 0 saturated heterocycles. The Kier molecular flexibility index (Phi) is 2.83. The van der Waals surface area contributed by atoms with Crippen molar-refractivity contribution in [3.63, 3.8) is 0 Å². The van der Waals surface area contributed by atoms with Crippen LogP contribution in [0.25, 0.3) is 16.9 Å². The van der Waals surface area contributed by atoms with Crippen LogP contribution in [0.5, 0.6) is 5.75 Å². The highest BCUT2D eigenvalue weighted by molar-refractivity contribution is 5.71. The first-order valence-electron chi connectivity index (χ1n) is 6.08. The van der Waals surface area contributed by atoms with Crippen LogP contribution in [0.4, 0.5) is 5.82 Å². The van der Waals surface area contributed by atoms with Crippen molar-refractivity contribution < 1.29 is 5.11 Å². The number of nitrogen functional groups attached to an aromatic ring is 1. The van der Waals surface area contributed by atoms with Crippen molar-refractivity contribution in [2.45, 2.75) is 6.92 Å². The Labute approximate surface area is 115 Å². The van der Waals surface area contributed by atoms with Crippen LogP contribution in [-0.4, -0.2) is 25.1 Å². The molecular formula is C14H13N5O. The minimum absolute atomic E-state index is 0.114. The Morgan fingerprint density at radius 2 is 1.90 bits per heavy atom. The summed E-state index contributed by atoms with van der Waals surface area (Å²) in [5.74, 6) is 0.484. The van der Waals surface area contributed by atoms with E-state index in [9.17, 15) is 5.11 Å². The van der Waals surface area contributed by atoms with E-state index >= 15 is 0 Å². The van der Waals surface area contributed by atoms with Crippen molar-refractivity contribution in [3.05, 3.63) is 48.3 Å². The number of phenolic OH excluding ortho intramolecular Hbond substituents is 1. The maximum absolute atomic E-state index is 9.99. The maximum Gasteiger partial charge on any atom is 0.156 e. The lowest BCUT2D eigenvalue weighted by Gasteiger charge is -2.06. The number of anilines is 1. The van der Waals surface area contributed by atoms with Crippen LogP contribution in [0.2, 0.25) is 0 Å². The fourth-order valence-corrected chi connectivity index (χ4v) is 2.00. The molecule has 0 bridgehead atoms. The van der Waals surface area contributed by atoms with Crippen LogP contribution >= 0.6 is 0 Å². The monoisotopic (exact) mass is 267 g/mol. The van der Waals surface area contributed by atoms with Crippen LogP contribution in [0.3, 0.4) is 0 Å². The third kappa shape index (κ3) is 1.97. The van der Waals surface area contributed by atoms with Gasteiger partial charge in [-0.15, -0.1) is 5.10 Å². The summed E-state index contributed by atoms with van der Waals surface area (Å²) in [6, 6.07) is 8.90. The largest absolute Gasteiger partial charge is 0.506 e. The maximum atomic E-state index is 9.99. The molecule has 0 aliphatic rings. The highest BCUT2D eigenvalue weighted by atomic mass is 16.3. The van der Waals surface area contributed by atoms with Crippen LogP contribution in [-0.2, 0) is 0 Å². The molecule has 100 valence electrons. The summed E-state index contributed by atoms with van der Waals surface area (Å²) >= 11 is 0. The minimum Gasteiger partial charge on any atom is -0.506 e. The molecule has 0 atom stereocenters. The fourth-order valence-electron chi connectivity index (χ4n) is 2.00. The molecule has 20 heavy (non-hydrogen) atoms. The van der Waals surface area contributed by atoms with Gasteiger partial charge in [-0.05, 0) is 36.8 Å². The second-order valence-electron chi connectivity index (χ2n) is 4.46. The highest BCUT2D eigenvalue weighted by Crippen LogP contribution is 2.28. The summed E-state index contributed by atoms with van der Waals surface area (Å²) in [5, 5.41) is 18.1. The van der Waals surface area contributed by atoms with Crippen molar-refractivity contribution in [2.24, 2.45) is 0 Å². The zero-order valence-electron chi connectivity index (χ0n) is 10.9. The van der Waals surface area contributed by atoms with Gasteiger partial charge in [0.25, 0.3) is 0 Å². The Morgan fingerprint density at radius 3 is 2.60 bits per heavy atom. The molecule has 2 heterocycles. The molecule has 0 aliphatic carbocycles. The summed E-state index contributed by atoms with van der Waals surface area (Å²) in [7, 11) is 0. The lowest BCUT2D eigenvalue weighted by atomic mass is 10.2. The number of hydrogen-bond donors (Lipinski definition) is 2. The highest BCUT2D eigenvalue weighted by Gasteiger charge is 2.15. The molecule has 3 N–H and O–H groups in total. The van der Waals surface area contributed by atoms with Gasteiger partial charge < -0.3 is 10.8 Å². The van der Waals surface area contributed by atoms with E-state index in [0.29, 0.717) is 17.2 Å². The normalized spacial score (nSPS) is 10.7. The van der Waals surface area contributed by atoms with E-state index in [0.717, 1.165) is 11.1 Å². The first-order valence-corrected chi connectivity index (χ1v) is 6.08. The average molecular weight is 267 g/mol. The van der Waals surface area contributed by atoms with E-state index < -0.39 is 0 Å². The number of rotatable bonds is 2. The zero-order chi connectivity index (χ0) is 14.1. The third-order valence-corrected chi connectivity index (χ3v) is 3.02. The van der Waals surface area contributed by atoms with Crippen LogP contribution < -0.4 is 5.73 Å². The number of aromatic nitrogens is 4. The zero-order valence-corrected chi connectivity index (χ0v) is 10.9. The van der Waals surface area contributed by atoms with Crippen molar-refractivity contribution in [1.82, 2.24) is 20.0 Å². The number of phenols is 1. The van der Waals surface area contributed by atoms with E-state index in [-0.39, 0.29) is 5.75 Å². The molecule has 3 aromatic rings. The standard InChI is InChI=1S/C14H13N5O/c1-9-2-3-11(12(20)8-9)19-14(15)13(17-18-19)10-4-6-16-7-5-10/h2-8,20H,15H2,1H3. The summed E-state index contributed by atoms with van der Waals surface area (Å²) < 4.78 is 1.42. The lowest BCUT2D eigenvalue weighted by molar-refractivity contribution is 0.469. The predicted molar refractivity (Wildman–Crippen MR) is 75.4 cm³/mol. The van der Waals surface area contributed by atoms with Gasteiger partial charge in [-0.3, -0.25) is 4.98 Å². The van der Waals surface area contributed by atoms with Gasteiger partial charge in [0, 0.05) is 18.0 Å². The van der Waals surface area contributed by atoms with E-state index in [1.165, 1.54) is 4.68 Å². The van der Waals surface area contributed by atoms with Crippen molar-refractivity contribution in [2.75, 3.05) is 5.73 Å². The molecule has 0 radical (unpaired) electrons. The Bertz CT molecular complexity index is 752. The summed E-state index contributed by atoms with van der Waals surface area (Å²) in [4.78, 5) is 3.95. The van der Waals surface area contributed by atoms with Gasteiger partial charge in [-0.25, -0.2) is 0 Å². The number of hydrogen-bond acceptors (Lipinski definition) is 5. The van der Waals surface area contributed by atoms with Gasteiger partial charge in [0.05, 0.1) is 0 Å². The van der Waals surface area contributed by atoms with Crippen molar-refractivity contribution >= 4 is 5.82 Å². The summed E-state index contributed by atoms with van der Waals surface area (Å²) in [6.45, 7) is 1.90. The quantitative estimate of drug-likeness (QED) is 0.740. The number of aromatic hydroxyl groups is 1. The van der Waals surface area contributed by atoms with Gasteiger partial charge >= 0.3 is 0 Å². The van der Waals surface area contributed by atoms with Crippen molar-refractivity contribution in [3.8, 4) is 22.7 Å². The Hall–Kier alpha value is -2.89. The molecular weight excluding hydrogens is 254 g/mol. The molecule has 6 heteroatoms. The lowest BCUT2D eigenvalue weighted by Crippen LogP contribution is -2.02. The van der Waals surface area contributed by atoms with Gasteiger partial charge in [0.15, 0.2) is 5.82 Å². The Balaban J connectivity index is 2.11. The molecule has 6 nitrogen and oxygen atoms in total. The van der Waals surface area contributed by atoms with E-state index in [2.05, 4.69) is 15.3 Å². The molecule has 1 aromatic carbocycles. The molecule has 3 rings (SSSR count). The van der Waals surface area contributed by atoms with E-state index in [4.69, 9.17) is 5.73 Å². The second-order valence-corrected chi connectivity index (χ2v) is 4.46. The SMILES string of the molecule is Cc1ccc(-n2nnc(-c3ccncc3)c2N)c(O)c1. The average Bonchev–Trinajstić information content (AvgIpc) is 2.82. The molecule has 0 amide bonds. The molecule has 0 saturated carbocycles. The van der Waals surface area contributed by atoms with Crippen LogP contribution in [0.1, 0.15) is 5.56 Å². The van der Waals surface area contributed by atoms with Gasteiger partial charge in [0.2, 0.25) is 0 Å². The van der Waals surface area contributed by atoms with E-state index in [1.54, 1.807) is 36.7 Å². The topological polar surface area (TPSA) is 89.9 Å². The second kappa shape index (κ2) is 4.65. The molecule has 0 fully saturated rings. The summed E-state index contributed by atoms with van der Waals surface area (Å²) in [5.41, 5.74) is 8.93. The minimum atomic E-state index is 0.114. The Morgan fingerprint density at radius 1 is 1.15 bits per heavy atom.